The SMILES string of the molecule is COc1ccccc1OCCNC(=O)c1ccc2c(c1)CCN2S(C)(=O)=O. The van der Waals surface area contributed by atoms with E-state index in [0.29, 0.717) is 48.9 Å². The first-order valence-corrected chi connectivity index (χ1v) is 10.4. The zero-order valence-corrected chi connectivity index (χ0v) is 16.1. The molecule has 0 aliphatic carbocycles. The summed E-state index contributed by atoms with van der Waals surface area (Å²) in [5.41, 5.74) is 2.01. The molecule has 1 aliphatic rings. The van der Waals surface area contributed by atoms with Crippen molar-refractivity contribution >= 4 is 21.6 Å². The highest BCUT2D eigenvalue weighted by atomic mass is 32.2. The molecular formula is C19H22N2O5S. The number of hydrogen-bond donors (Lipinski definition) is 1. The molecule has 144 valence electrons. The zero-order valence-electron chi connectivity index (χ0n) is 15.3. The Hall–Kier alpha value is -2.74. The van der Waals surface area contributed by atoms with Crippen molar-refractivity contribution in [2.45, 2.75) is 6.42 Å². The number of nitrogens with zero attached hydrogens (tertiary/aromatic N) is 1. The maximum atomic E-state index is 12.3. The van der Waals surface area contributed by atoms with E-state index in [0.717, 1.165) is 5.56 Å². The van der Waals surface area contributed by atoms with Crippen LogP contribution in [0, 0.1) is 0 Å². The number of sulfonamides is 1. The lowest BCUT2D eigenvalue weighted by atomic mass is 10.1. The van der Waals surface area contributed by atoms with Crippen LogP contribution in [0.5, 0.6) is 11.5 Å². The van der Waals surface area contributed by atoms with E-state index < -0.39 is 10.0 Å². The van der Waals surface area contributed by atoms with E-state index in [9.17, 15) is 13.2 Å². The lowest BCUT2D eigenvalue weighted by molar-refractivity contribution is 0.0946. The van der Waals surface area contributed by atoms with Crippen LogP contribution in [-0.2, 0) is 16.4 Å². The van der Waals surface area contributed by atoms with Gasteiger partial charge in [0.25, 0.3) is 5.91 Å². The molecule has 0 fully saturated rings. The van der Waals surface area contributed by atoms with Gasteiger partial charge >= 0.3 is 0 Å². The summed E-state index contributed by atoms with van der Waals surface area (Å²) in [4.78, 5) is 12.3. The molecule has 1 heterocycles. The molecule has 0 spiro atoms. The third-order valence-electron chi connectivity index (χ3n) is 4.31. The molecule has 0 radical (unpaired) electrons. The predicted octanol–water partition coefficient (Wildman–Crippen LogP) is 1.83. The minimum Gasteiger partial charge on any atom is -0.493 e. The monoisotopic (exact) mass is 390 g/mol. The van der Waals surface area contributed by atoms with Crippen LogP contribution in [-0.4, -0.2) is 47.4 Å². The minimum absolute atomic E-state index is 0.223. The number of carbonyl (C=O) groups is 1. The summed E-state index contributed by atoms with van der Waals surface area (Å²) in [6.07, 6.45) is 1.78. The van der Waals surface area contributed by atoms with Crippen molar-refractivity contribution in [3.8, 4) is 11.5 Å². The number of ether oxygens (including phenoxy) is 2. The fourth-order valence-electron chi connectivity index (χ4n) is 3.02. The predicted molar refractivity (Wildman–Crippen MR) is 103 cm³/mol. The van der Waals surface area contributed by atoms with Gasteiger partial charge in [0, 0.05) is 12.1 Å². The molecule has 0 saturated carbocycles. The van der Waals surface area contributed by atoms with Gasteiger partial charge in [0.05, 0.1) is 25.6 Å². The topological polar surface area (TPSA) is 84.9 Å². The van der Waals surface area contributed by atoms with Crippen molar-refractivity contribution in [3.05, 3.63) is 53.6 Å². The Morgan fingerprint density at radius 1 is 1.19 bits per heavy atom. The van der Waals surface area contributed by atoms with E-state index in [1.165, 1.54) is 10.6 Å². The van der Waals surface area contributed by atoms with Crippen molar-refractivity contribution in [1.29, 1.82) is 0 Å². The third-order valence-corrected chi connectivity index (χ3v) is 5.49. The smallest absolute Gasteiger partial charge is 0.251 e. The maximum absolute atomic E-state index is 12.3. The van der Waals surface area contributed by atoms with Gasteiger partial charge in [-0.15, -0.1) is 0 Å². The van der Waals surface area contributed by atoms with Gasteiger partial charge in [-0.05, 0) is 42.3 Å². The second kappa shape index (κ2) is 7.87. The number of fused-ring (bicyclic) bond motifs is 1. The Morgan fingerprint density at radius 3 is 2.63 bits per heavy atom. The van der Waals surface area contributed by atoms with Crippen molar-refractivity contribution in [2.75, 3.05) is 37.4 Å². The van der Waals surface area contributed by atoms with E-state index in [1.54, 1.807) is 37.4 Å². The molecule has 1 N–H and O–H groups in total. The van der Waals surface area contributed by atoms with Crippen LogP contribution in [0.2, 0.25) is 0 Å². The Bertz CT molecular complexity index is 943. The molecule has 0 bridgehead atoms. The molecular weight excluding hydrogens is 368 g/mol. The van der Waals surface area contributed by atoms with E-state index >= 15 is 0 Å². The summed E-state index contributed by atoms with van der Waals surface area (Å²) in [6.45, 7) is 1.05. The second-order valence-electron chi connectivity index (χ2n) is 6.18. The quantitative estimate of drug-likeness (QED) is 0.729. The highest BCUT2D eigenvalue weighted by Crippen LogP contribution is 2.30. The second-order valence-corrected chi connectivity index (χ2v) is 8.09. The first-order valence-electron chi connectivity index (χ1n) is 8.55. The number of methoxy groups -OCH3 is 1. The number of benzene rings is 2. The number of carbonyl (C=O) groups excluding carboxylic acids is 1. The van der Waals surface area contributed by atoms with Gasteiger partial charge in [-0.2, -0.15) is 0 Å². The van der Waals surface area contributed by atoms with Crippen molar-refractivity contribution in [2.24, 2.45) is 0 Å². The highest BCUT2D eigenvalue weighted by Gasteiger charge is 2.26. The molecule has 0 unspecified atom stereocenters. The average Bonchev–Trinajstić information content (AvgIpc) is 3.09. The highest BCUT2D eigenvalue weighted by molar-refractivity contribution is 7.92. The summed E-state index contributed by atoms with van der Waals surface area (Å²) in [7, 11) is -1.72. The Labute approximate surface area is 158 Å². The zero-order chi connectivity index (χ0) is 19.4. The van der Waals surface area contributed by atoms with Gasteiger partial charge in [0.15, 0.2) is 11.5 Å². The first-order chi connectivity index (χ1) is 12.9. The van der Waals surface area contributed by atoms with Crippen LogP contribution in [0.1, 0.15) is 15.9 Å². The standard InChI is InChI=1S/C19H22N2O5S/c1-25-17-5-3-4-6-18(17)26-12-10-20-19(22)15-7-8-16-14(13-15)9-11-21(16)27(2,23)24/h3-8,13H,9-12H2,1-2H3,(H,20,22). The molecule has 1 amide bonds. The number of hydrogen-bond acceptors (Lipinski definition) is 5. The summed E-state index contributed by atoms with van der Waals surface area (Å²) < 4.78 is 35.8. The average molecular weight is 390 g/mol. The van der Waals surface area contributed by atoms with Gasteiger partial charge in [-0.25, -0.2) is 8.42 Å². The number of amides is 1. The number of para-hydroxylation sites is 2. The van der Waals surface area contributed by atoms with Gasteiger partial charge in [-0.3, -0.25) is 9.10 Å². The van der Waals surface area contributed by atoms with E-state index in [2.05, 4.69) is 5.32 Å². The molecule has 8 heteroatoms. The van der Waals surface area contributed by atoms with E-state index in [-0.39, 0.29) is 5.91 Å². The van der Waals surface area contributed by atoms with Gasteiger partial charge in [0.1, 0.15) is 6.61 Å². The van der Waals surface area contributed by atoms with E-state index in [4.69, 9.17) is 9.47 Å². The van der Waals surface area contributed by atoms with Crippen LogP contribution >= 0.6 is 0 Å². The van der Waals surface area contributed by atoms with Gasteiger partial charge in [-0.1, -0.05) is 12.1 Å². The molecule has 7 nitrogen and oxygen atoms in total. The minimum atomic E-state index is -3.29. The van der Waals surface area contributed by atoms with Crippen LogP contribution in [0.3, 0.4) is 0 Å². The largest absolute Gasteiger partial charge is 0.493 e. The lowest BCUT2D eigenvalue weighted by Gasteiger charge is -2.16. The number of anilines is 1. The van der Waals surface area contributed by atoms with Crippen LogP contribution in [0.15, 0.2) is 42.5 Å². The Morgan fingerprint density at radius 2 is 1.93 bits per heavy atom. The summed E-state index contributed by atoms with van der Waals surface area (Å²) in [5.74, 6) is 1.03. The fourth-order valence-corrected chi connectivity index (χ4v) is 3.98. The number of nitrogens with one attached hydrogen (secondary N) is 1. The summed E-state index contributed by atoms with van der Waals surface area (Å²) in [6, 6.07) is 12.4. The first kappa shape index (κ1) is 19.0. The molecule has 2 aromatic carbocycles. The van der Waals surface area contributed by atoms with E-state index in [1.807, 2.05) is 12.1 Å². The van der Waals surface area contributed by atoms with Gasteiger partial charge in [0.2, 0.25) is 10.0 Å². The van der Waals surface area contributed by atoms with Gasteiger partial charge < -0.3 is 14.8 Å². The molecule has 3 rings (SSSR count). The van der Waals surface area contributed by atoms with Crippen LogP contribution in [0.25, 0.3) is 0 Å². The van der Waals surface area contributed by atoms with Crippen molar-refractivity contribution in [1.82, 2.24) is 5.32 Å². The summed E-state index contributed by atoms with van der Waals surface area (Å²) >= 11 is 0. The van der Waals surface area contributed by atoms with Crippen molar-refractivity contribution < 1.29 is 22.7 Å². The normalized spacial score (nSPS) is 13.2. The molecule has 0 aromatic heterocycles. The maximum Gasteiger partial charge on any atom is 0.251 e. The summed E-state index contributed by atoms with van der Waals surface area (Å²) in [5, 5.41) is 2.80. The molecule has 0 atom stereocenters. The Kier molecular flexibility index (Phi) is 5.55. The van der Waals surface area contributed by atoms with Crippen molar-refractivity contribution in [3.63, 3.8) is 0 Å². The molecule has 27 heavy (non-hydrogen) atoms. The molecule has 0 saturated heterocycles. The molecule has 1 aliphatic heterocycles. The Balaban J connectivity index is 1.56. The lowest BCUT2D eigenvalue weighted by Crippen LogP contribution is -2.28. The van der Waals surface area contributed by atoms with Crippen LogP contribution < -0.4 is 19.1 Å². The third kappa shape index (κ3) is 4.33. The number of rotatable bonds is 7. The van der Waals surface area contributed by atoms with Crippen LogP contribution in [0.4, 0.5) is 5.69 Å². The molecule has 2 aromatic rings. The fraction of sp³-hybridized carbons (Fsp3) is 0.316.